The lowest BCUT2D eigenvalue weighted by Gasteiger charge is -2.38. The lowest BCUT2D eigenvalue weighted by molar-refractivity contribution is -0.124. The van der Waals surface area contributed by atoms with E-state index in [9.17, 15) is 9.59 Å². The molecule has 1 aliphatic carbocycles. The minimum atomic E-state index is -1.01. The van der Waals surface area contributed by atoms with Gasteiger partial charge in [-0.3, -0.25) is 24.4 Å². The van der Waals surface area contributed by atoms with Crippen molar-refractivity contribution in [2.45, 2.75) is 44.9 Å². The molecule has 2 atom stereocenters. The average Bonchev–Trinajstić information content (AvgIpc) is 3.07. The zero-order valence-electron chi connectivity index (χ0n) is 17.5. The molecular weight excluding hydrogens is 366 g/mol. The van der Waals surface area contributed by atoms with E-state index in [1.165, 1.54) is 25.7 Å². The van der Waals surface area contributed by atoms with Crippen molar-refractivity contribution >= 4 is 29.3 Å². The molecule has 156 valence electrons. The van der Waals surface area contributed by atoms with Crippen LogP contribution in [-0.2, 0) is 9.59 Å². The van der Waals surface area contributed by atoms with E-state index >= 15 is 0 Å². The van der Waals surface area contributed by atoms with Gasteiger partial charge in [0.2, 0.25) is 0 Å². The summed E-state index contributed by atoms with van der Waals surface area (Å²) in [6.07, 6.45) is 4.07. The molecule has 1 unspecified atom stereocenters. The Morgan fingerprint density at radius 2 is 1.79 bits per heavy atom. The first-order chi connectivity index (χ1) is 13.9. The zero-order valence-corrected chi connectivity index (χ0v) is 17.5. The highest BCUT2D eigenvalue weighted by molar-refractivity contribution is 6.15. The number of carbonyl (C=O) groups is 2. The van der Waals surface area contributed by atoms with Crippen LogP contribution in [0.15, 0.2) is 23.2 Å². The summed E-state index contributed by atoms with van der Waals surface area (Å²) in [5.74, 6) is 0.855. The molecule has 29 heavy (non-hydrogen) atoms. The van der Waals surface area contributed by atoms with Gasteiger partial charge in [0.15, 0.2) is 12.5 Å². The highest BCUT2D eigenvalue weighted by Crippen LogP contribution is 2.39. The maximum atomic E-state index is 13.4. The molecule has 1 amide bonds. The van der Waals surface area contributed by atoms with Gasteiger partial charge in [0.05, 0.1) is 11.4 Å². The average molecular weight is 398 g/mol. The van der Waals surface area contributed by atoms with Crippen LogP contribution in [0.4, 0.5) is 11.4 Å². The van der Waals surface area contributed by atoms with Crippen LogP contribution in [0.25, 0.3) is 0 Å². The number of benzodiazepines with no additional fused rings is 1. The van der Waals surface area contributed by atoms with Gasteiger partial charge in [-0.05, 0) is 50.5 Å². The summed E-state index contributed by atoms with van der Waals surface area (Å²) >= 11 is 0. The fourth-order valence-corrected chi connectivity index (χ4v) is 5.15. The van der Waals surface area contributed by atoms with Crippen molar-refractivity contribution in [3.8, 4) is 0 Å². The minimum absolute atomic E-state index is 0.328. The Bertz CT molecular complexity index is 814. The van der Waals surface area contributed by atoms with Crippen LogP contribution in [0.1, 0.15) is 38.2 Å². The molecule has 1 aromatic carbocycles. The second-order valence-electron chi connectivity index (χ2n) is 8.83. The summed E-state index contributed by atoms with van der Waals surface area (Å²) in [5.41, 5.74) is 9.33. The highest BCUT2D eigenvalue weighted by Gasteiger charge is 2.41. The number of nitrogens with zero attached hydrogens (tertiary/aromatic N) is 4. The smallest absolute Gasteiger partial charge is 0.268 e. The Morgan fingerprint density at radius 3 is 2.34 bits per heavy atom. The molecule has 1 saturated carbocycles. The number of benzene rings is 1. The largest absolute Gasteiger partial charge is 0.376 e. The van der Waals surface area contributed by atoms with E-state index in [1.807, 2.05) is 44.1 Å². The SMILES string of the molecule is CC1=N[C@H](N)C(=O)N(C(C=O)N2CC3CCC(CC3)C2)c2c1cccc2N(C)C. The molecule has 0 spiro atoms. The number of aldehydes is 1. The van der Waals surface area contributed by atoms with E-state index in [4.69, 9.17) is 5.73 Å². The lowest BCUT2D eigenvalue weighted by atomic mass is 9.84. The molecule has 5 rings (SSSR count). The first-order valence-corrected chi connectivity index (χ1v) is 10.5. The molecule has 2 saturated heterocycles. The van der Waals surface area contributed by atoms with Crippen LogP contribution in [-0.4, -0.2) is 62.3 Å². The van der Waals surface area contributed by atoms with Crippen LogP contribution < -0.4 is 15.5 Å². The number of hydrogen-bond acceptors (Lipinski definition) is 6. The van der Waals surface area contributed by atoms with Gasteiger partial charge in [0.25, 0.3) is 5.91 Å². The van der Waals surface area contributed by atoms with Gasteiger partial charge in [-0.15, -0.1) is 0 Å². The monoisotopic (exact) mass is 397 g/mol. The molecule has 0 radical (unpaired) electrons. The maximum absolute atomic E-state index is 13.4. The van der Waals surface area contributed by atoms with E-state index in [1.54, 1.807) is 4.90 Å². The van der Waals surface area contributed by atoms with Crippen molar-refractivity contribution in [3.05, 3.63) is 23.8 Å². The standard InChI is InChI=1S/C22H31N5O2/c1-14-17-5-4-6-18(25(2)3)20(17)27(22(29)21(23)24-14)19(13-28)26-11-15-7-8-16(12-26)10-9-15/h4-6,13,15-16,19,21H,7-12,23H2,1-3H3/t15?,16?,19?,21-/m0/s1. The third-order valence-electron chi connectivity index (χ3n) is 6.66. The second kappa shape index (κ2) is 7.88. The zero-order chi connectivity index (χ0) is 20.7. The van der Waals surface area contributed by atoms with Crippen molar-refractivity contribution in [2.24, 2.45) is 22.6 Å². The molecular formula is C22H31N5O2. The number of nitrogens with two attached hydrogens (primary N) is 1. The number of aliphatic imine (C=N–C) groups is 1. The minimum Gasteiger partial charge on any atom is -0.376 e. The summed E-state index contributed by atoms with van der Waals surface area (Å²) in [4.78, 5) is 36.1. The summed E-state index contributed by atoms with van der Waals surface area (Å²) in [5, 5.41) is 0. The predicted octanol–water partition coefficient (Wildman–Crippen LogP) is 1.84. The molecule has 3 heterocycles. The van der Waals surface area contributed by atoms with Gasteiger partial charge in [-0.1, -0.05) is 12.1 Å². The molecule has 3 fully saturated rings. The summed E-state index contributed by atoms with van der Waals surface area (Å²) < 4.78 is 0. The van der Waals surface area contributed by atoms with E-state index in [0.29, 0.717) is 17.5 Å². The van der Waals surface area contributed by atoms with Gasteiger partial charge in [0.1, 0.15) is 6.17 Å². The highest BCUT2D eigenvalue weighted by atomic mass is 16.2. The van der Waals surface area contributed by atoms with Crippen LogP contribution in [0.3, 0.4) is 0 Å². The van der Waals surface area contributed by atoms with Gasteiger partial charge < -0.3 is 10.6 Å². The summed E-state index contributed by atoms with van der Waals surface area (Å²) in [7, 11) is 3.88. The number of fused-ring (bicyclic) bond motifs is 5. The van der Waals surface area contributed by atoms with E-state index in [0.717, 1.165) is 36.3 Å². The number of para-hydroxylation sites is 1. The molecule has 7 nitrogen and oxygen atoms in total. The number of hydrogen-bond donors (Lipinski definition) is 1. The van der Waals surface area contributed by atoms with Crippen molar-refractivity contribution in [3.63, 3.8) is 0 Å². The Hall–Kier alpha value is -2.25. The Kier molecular flexibility index (Phi) is 5.44. The van der Waals surface area contributed by atoms with Gasteiger partial charge in [-0.2, -0.15) is 0 Å². The van der Waals surface area contributed by atoms with Gasteiger partial charge >= 0.3 is 0 Å². The van der Waals surface area contributed by atoms with Crippen LogP contribution >= 0.6 is 0 Å². The third-order valence-corrected chi connectivity index (χ3v) is 6.66. The van der Waals surface area contributed by atoms with Gasteiger partial charge in [-0.25, -0.2) is 0 Å². The quantitative estimate of drug-likeness (QED) is 0.784. The maximum Gasteiger partial charge on any atom is 0.268 e. The Morgan fingerprint density at radius 1 is 1.17 bits per heavy atom. The summed E-state index contributed by atoms with van der Waals surface area (Å²) in [6.45, 7) is 3.56. The molecule has 4 aliphatic rings. The topological polar surface area (TPSA) is 82.2 Å². The molecule has 3 aliphatic heterocycles. The van der Waals surface area contributed by atoms with Crippen LogP contribution in [0, 0.1) is 11.8 Å². The van der Waals surface area contributed by atoms with E-state index in [-0.39, 0.29) is 5.91 Å². The van der Waals surface area contributed by atoms with Crippen molar-refractivity contribution in [1.82, 2.24) is 4.90 Å². The third kappa shape index (κ3) is 3.57. The fraction of sp³-hybridized carbons (Fsp3) is 0.591. The first-order valence-electron chi connectivity index (χ1n) is 10.5. The Labute approximate surface area is 172 Å². The summed E-state index contributed by atoms with van der Waals surface area (Å²) in [6, 6.07) is 5.87. The number of carbonyl (C=O) groups excluding carboxylic acids is 2. The second-order valence-corrected chi connectivity index (χ2v) is 8.83. The van der Waals surface area contributed by atoms with Crippen molar-refractivity contribution in [2.75, 3.05) is 37.0 Å². The predicted molar refractivity (Wildman–Crippen MR) is 115 cm³/mol. The molecule has 2 N–H and O–H groups in total. The Balaban J connectivity index is 1.83. The lowest BCUT2D eigenvalue weighted by Crippen LogP contribution is -2.57. The normalized spacial score (nSPS) is 28.3. The van der Waals surface area contributed by atoms with Crippen LogP contribution in [0.2, 0.25) is 0 Å². The molecule has 7 heteroatoms. The molecule has 2 bridgehead atoms. The number of anilines is 2. The van der Waals surface area contributed by atoms with Gasteiger partial charge in [0, 0.05) is 38.5 Å². The first kappa shape index (κ1) is 20.0. The van der Waals surface area contributed by atoms with E-state index < -0.39 is 12.3 Å². The number of rotatable bonds is 4. The number of amides is 1. The van der Waals surface area contributed by atoms with Crippen molar-refractivity contribution in [1.29, 1.82) is 0 Å². The van der Waals surface area contributed by atoms with E-state index in [2.05, 4.69) is 9.89 Å². The van der Waals surface area contributed by atoms with Crippen molar-refractivity contribution < 1.29 is 9.59 Å². The molecule has 0 aromatic heterocycles. The van der Waals surface area contributed by atoms with Crippen LogP contribution in [0.5, 0.6) is 0 Å². The molecule has 1 aromatic rings. The fourth-order valence-electron chi connectivity index (χ4n) is 5.15.